The number of carbonyl (C=O) groups is 1. The lowest BCUT2D eigenvalue weighted by molar-refractivity contribution is 0.0668. The third-order valence-corrected chi connectivity index (χ3v) is 7.63. The Bertz CT molecular complexity index is 1340. The summed E-state index contributed by atoms with van der Waals surface area (Å²) in [6.07, 6.45) is 6.52. The van der Waals surface area contributed by atoms with E-state index in [1.807, 2.05) is 0 Å². The van der Waals surface area contributed by atoms with E-state index < -0.39 is 21.5 Å². The Kier molecular flexibility index (Phi) is 6.85. The molecule has 2 N–H and O–H groups in total. The number of aliphatic hydroxyl groups excluding tert-OH is 1. The van der Waals surface area contributed by atoms with Crippen LogP contribution in [0.2, 0.25) is 0 Å². The van der Waals surface area contributed by atoms with Gasteiger partial charge < -0.3 is 15.2 Å². The lowest BCUT2D eigenvalue weighted by Gasteiger charge is -2.27. The maximum absolute atomic E-state index is 14.0. The summed E-state index contributed by atoms with van der Waals surface area (Å²) in [7, 11) is -2.61. The van der Waals surface area contributed by atoms with Gasteiger partial charge in [-0.25, -0.2) is 18.1 Å². The van der Waals surface area contributed by atoms with Gasteiger partial charge in [0.1, 0.15) is 23.4 Å². The van der Waals surface area contributed by atoms with Gasteiger partial charge in [-0.1, -0.05) is 6.92 Å². The van der Waals surface area contributed by atoms with Gasteiger partial charge in [0.05, 0.1) is 33.2 Å². The van der Waals surface area contributed by atoms with Gasteiger partial charge in [0, 0.05) is 24.3 Å². The highest BCUT2D eigenvalue weighted by Gasteiger charge is 2.23. The van der Waals surface area contributed by atoms with Crippen LogP contribution in [0.5, 0.6) is 5.75 Å². The number of rotatable bonds is 6. The first-order chi connectivity index (χ1) is 16.2. The van der Waals surface area contributed by atoms with E-state index >= 15 is 0 Å². The summed E-state index contributed by atoms with van der Waals surface area (Å²) in [6, 6.07) is 4.20. The highest BCUT2D eigenvalue weighted by Crippen LogP contribution is 2.34. The second-order valence-corrected chi connectivity index (χ2v) is 11.2. The average molecular weight is 490 g/mol. The van der Waals surface area contributed by atoms with E-state index in [4.69, 9.17) is 4.74 Å². The van der Waals surface area contributed by atoms with E-state index in [-0.39, 0.29) is 23.5 Å². The second kappa shape index (κ2) is 9.67. The largest absolute Gasteiger partial charge is 0.488 e. The first-order valence-corrected chi connectivity index (χ1v) is 13.2. The molecule has 11 heteroatoms. The minimum Gasteiger partial charge on any atom is -0.488 e. The van der Waals surface area contributed by atoms with Crippen LogP contribution in [0.4, 0.5) is 15.9 Å². The Morgan fingerprint density at radius 3 is 2.79 bits per heavy atom. The number of ether oxygens (including phenoxy) is 1. The molecular weight excluding hydrogens is 461 g/mol. The van der Waals surface area contributed by atoms with E-state index in [0.717, 1.165) is 0 Å². The molecular formula is C23H28FN5O4S. The number of fused-ring (bicyclic) bond motifs is 1. The molecule has 0 saturated heterocycles. The van der Waals surface area contributed by atoms with Crippen molar-refractivity contribution in [2.24, 2.45) is 4.36 Å². The van der Waals surface area contributed by atoms with E-state index in [9.17, 15) is 18.5 Å². The van der Waals surface area contributed by atoms with Gasteiger partial charge in [-0.3, -0.25) is 4.79 Å². The molecule has 1 unspecified atom stereocenters. The molecule has 0 spiro atoms. The second-order valence-electron chi connectivity index (χ2n) is 8.53. The molecule has 0 aliphatic heterocycles. The molecule has 1 atom stereocenters. The highest BCUT2D eigenvalue weighted by atomic mass is 32.2. The molecule has 1 aromatic carbocycles. The predicted octanol–water partition coefficient (Wildman–Crippen LogP) is 3.86. The summed E-state index contributed by atoms with van der Waals surface area (Å²) >= 11 is 0. The third-order valence-electron chi connectivity index (χ3n) is 6.00. The highest BCUT2D eigenvalue weighted by molar-refractivity contribution is 7.93. The number of carbonyl (C=O) groups excluding carboxylic acids is 1. The number of nitrogens with one attached hydrogen (secondary N) is 1. The molecule has 4 rings (SSSR count). The van der Waals surface area contributed by atoms with E-state index in [1.54, 1.807) is 19.9 Å². The summed E-state index contributed by atoms with van der Waals surface area (Å²) < 4.78 is 37.8. The van der Waals surface area contributed by atoms with Crippen molar-refractivity contribution >= 4 is 32.7 Å². The minimum atomic E-state index is -2.61. The van der Waals surface area contributed by atoms with Crippen molar-refractivity contribution in [3.8, 4) is 5.75 Å². The molecule has 34 heavy (non-hydrogen) atoms. The van der Waals surface area contributed by atoms with Gasteiger partial charge in [0.2, 0.25) is 0 Å². The topological polar surface area (TPSA) is 118 Å². The number of benzene rings is 1. The number of nitrogens with zero attached hydrogens (tertiary/aromatic N) is 4. The Labute approximate surface area is 197 Å². The number of aliphatic hydroxyl groups is 1. The fourth-order valence-corrected chi connectivity index (χ4v) is 4.50. The van der Waals surface area contributed by atoms with Crippen molar-refractivity contribution in [3.05, 3.63) is 47.7 Å². The van der Waals surface area contributed by atoms with Gasteiger partial charge in [-0.2, -0.15) is 9.46 Å². The molecule has 0 bridgehead atoms. The third kappa shape index (κ3) is 5.20. The summed E-state index contributed by atoms with van der Waals surface area (Å²) in [5, 5.41) is 17.1. The van der Waals surface area contributed by atoms with Gasteiger partial charge in [-0.05, 0) is 50.3 Å². The van der Waals surface area contributed by atoms with E-state index in [2.05, 4.69) is 19.8 Å². The molecule has 1 aliphatic carbocycles. The Balaban J connectivity index is 1.68. The quantitative estimate of drug-likeness (QED) is 0.540. The number of anilines is 2. The van der Waals surface area contributed by atoms with Crippen LogP contribution in [0.1, 0.15) is 48.5 Å². The van der Waals surface area contributed by atoms with Crippen molar-refractivity contribution in [3.63, 3.8) is 0 Å². The number of amides is 1. The van der Waals surface area contributed by atoms with Crippen molar-refractivity contribution in [2.45, 2.75) is 51.7 Å². The Morgan fingerprint density at radius 2 is 2.09 bits per heavy atom. The van der Waals surface area contributed by atoms with Crippen molar-refractivity contribution in [1.82, 2.24) is 14.6 Å². The molecule has 182 valence electrons. The van der Waals surface area contributed by atoms with Crippen LogP contribution in [0.3, 0.4) is 0 Å². The zero-order valence-electron chi connectivity index (χ0n) is 19.3. The zero-order chi connectivity index (χ0) is 24.5. The average Bonchev–Trinajstić information content (AvgIpc) is 3.14. The molecule has 2 aromatic heterocycles. The maximum atomic E-state index is 14.0. The van der Waals surface area contributed by atoms with Crippen molar-refractivity contribution in [1.29, 1.82) is 0 Å². The minimum absolute atomic E-state index is 0.125. The number of aromatic nitrogens is 3. The van der Waals surface area contributed by atoms with E-state index in [0.29, 0.717) is 54.0 Å². The van der Waals surface area contributed by atoms with Crippen molar-refractivity contribution < 1.29 is 23.2 Å². The van der Waals surface area contributed by atoms with Crippen molar-refractivity contribution in [2.75, 3.05) is 17.3 Å². The summed E-state index contributed by atoms with van der Waals surface area (Å²) in [5.74, 6) is -0.00664. The van der Waals surface area contributed by atoms with Crippen LogP contribution >= 0.6 is 0 Å². The molecule has 1 amide bonds. The van der Waals surface area contributed by atoms with Crippen LogP contribution in [0.15, 0.2) is 35.1 Å². The first-order valence-electron chi connectivity index (χ1n) is 11.1. The lowest BCUT2D eigenvalue weighted by atomic mass is 9.95. The zero-order valence-corrected chi connectivity index (χ0v) is 20.1. The van der Waals surface area contributed by atoms with Crippen LogP contribution in [0.25, 0.3) is 5.52 Å². The normalized spacial score (nSPS) is 20.0. The smallest absolute Gasteiger partial charge is 0.286 e. The van der Waals surface area contributed by atoms with Crippen LogP contribution < -0.4 is 10.1 Å². The molecule has 0 radical (unpaired) electrons. The van der Waals surface area contributed by atoms with Gasteiger partial charge in [-0.15, -0.1) is 0 Å². The molecule has 9 nitrogen and oxygen atoms in total. The number of hydrogen-bond donors (Lipinski definition) is 2. The van der Waals surface area contributed by atoms with Crippen LogP contribution in [-0.4, -0.2) is 54.0 Å². The van der Waals surface area contributed by atoms with Gasteiger partial charge in [0.25, 0.3) is 5.91 Å². The number of aryl methyl sites for hydroxylation is 1. The molecule has 2 heterocycles. The predicted molar refractivity (Wildman–Crippen MR) is 128 cm³/mol. The monoisotopic (exact) mass is 489 g/mol. The summed E-state index contributed by atoms with van der Waals surface area (Å²) in [5.41, 5.74) is 1.90. The fraction of sp³-hybridized carbons (Fsp3) is 0.435. The summed E-state index contributed by atoms with van der Waals surface area (Å²) in [6.45, 7) is 3.46. The standard InChI is InChI=1S/C23H28FN5O4S/c1-4-34(3,32)28-23(31)18-12-29-21(14(18)2)22(25-13-26-29)27-19-10-5-15(24)11-20(19)33-17-8-6-16(30)7-9-17/h5,10-13,16-17,30H,4,6-9H2,1-3H3,(H,25,26,27). The van der Waals surface area contributed by atoms with Gasteiger partial charge >= 0.3 is 0 Å². The Hall–Kier alpha value is -3.05. The fourth-order valence-electron chi connectivity index (χ4n) is 3.92. The molecule has 1 aliphatic rings. The molecule has 1 fully saturated rings. The van der Waals surface area contributed by atoms with Crippen LogP contribution in [-0.2, 0) is 9.73 Å². The number of halogens is 1. The maximum Gasteiger partial charge on any atom is 0.286 e. The Morgan fingerprint density at radius 1 is 1.35 bits per heavy atom. The van der Waals surface area contributed by atoms with Gasteiger partial charge in [0.15, 0.2) is 5.82 Å². The molecule has 1 saturated carbocycles. The molecule has 3 aromatic rings. The van der Waals surface area contributed by atoms with Crippen LogP contribution in [0, 0.1) is 12.7 Å². The summed E-state index contributed by atoms with van der Waals surface area (Å²) in [4.78, 5) is 17.0. The SMILES string of the molecule is CCS(C)(=O)=NC(=O)c1cn2ncnc(Nc3ccc(F)cc3OC3CCC(O)CC3)c2c1C. The first kappa shape index (κ1) is 24.1. The number of hydrogen-bond acceptors (Lipinski definition) is 7. The lowest BCUT2D eigenvalue weighted by Crippen LogP contribution is -2.26. The van der Waals surface area contributed by atoms with E-state index in [1.165, 1.54) is 35.4 Å².